The number of rotatable bonds is 17. The molecule has 2 aromatic heterocycles. The van der Waals surface area contributed by atoms with Gasteiger partial charge in [-0.15, -0.1) is 0 Å². The Morgan fingerprint density at radius 1 is 0.785 bits per heavy atom. The van der Waals surface area contributed by atoms with Crippen LogP contribution in [0.4, 0.5) is 15.4 Å². The van der Waals surface area contributed by atoms with Crippen LogP contribution in [0.25, 0.3) is 22.6 Å². The maximum absolute atomic E-state index is 13.6. The molecular weight excluding hydrogens is 878 g/mol. The number of nitrogens with zero attached hydrogens (tertiary/aromatic N) is 4. The normalized spacial score (nSPS) is 12.8. The molecule has 1 unspecified atom stereocenters. The molecule has 4 N–H and O–H groups in total. The number of aromatic nitrogens is 2. The number of esters is 2. The van der Waals surface area contributed by atoms with Gasteiger partial charge in [-0.1, -0.05) is 63.2 Å². The lowest BCUT2D eigenvalue weighted by Crippen LogP contribution is -2.49. The Morgan fingerprint density at radius 2 is 1.32 bits per heavy atom. The van der Waals surface area contributed by atoms with E-state index < -0.39 is 72.0 Å². The van der Waals surface area contributed by atoms with E-state index >= 15 is 0 Å². The summed E-state index contributed by atoms with van der Waals surface area (Å²) in [6.45, 7) is 16.1. The Morgan fingerprint density at radius 3 is 1.85 bits per heavy atom. The number of carbonyl (C=O) groups is 4. The predicted octanol–water partition coefficient (Wildman–Crippen LogP) is 8.61. The number of ether oxygens (including phenoxy) is 5. The number of nitrogen functional groups attached to an aromatic ring is 1. The average molecular weight is 932 g/mol. The van der Waals surface area contributed by atoms with Crippen LogP contribution in [-0.2, 0) is 34.3 Å². The summed E-state index contributed by atoms with van der Waals surface area (Å²) >= 11 is 7.21. The van der Waals surface area contributed by atoms with Crippen molar-refractivity contribution in [2.24, 2.45) is 11.8 Å². The van der Waals surface area contributed by atoms with Crippen LogP contribution < -0.4 is 21.1 Å². The van der Waals surface area contributed by atoms with Gasteiger partial charge in [0.1, 0.15) is 77.1 Å². The highest BCUT2D eigenvalue weighted by Gasteiger charge is 2.33. The van der Waals surface area contributed by atoms with Crippen molar-refractivity contribution in [3.8, 4) is 40.5 Å². The third kappa shape index (κ3) is 15.3. The van der Waals surface area contributed by atoms with Crippen LogP contribution >= 0.6 is 23.4 Å². The number of nitrogens with one attached hydrogen (secondary N) is 2. The third-order valence-corrected chi connectivity index (χ3v) is 10.1. The van der Waals surface area contributed by atoms with Crippen LogP contribution in [0.3, 0.4) is 0 Å². The van der Waals surface area contributed by atoms with E-state index in [1.54, 1.807) is 118 Å². The Kier molecular flexibility index (Phi) is 17.6. The van der Waals surface area contributed by atoms with E-state index in [1.807, 2.05) is 0 Å². The molecule has 0 aliphatic carbocycles. The van der Waals surface area contributed by atoms with Crippen molar-refractivity contribution in [1.29, 1.82) is 10.5 Å². The number of thioether (sulfide) groups is 1. The molecule has 0 bridgehead atoms. The summed E-state index contributed by atoms with van der Waals surface area (Å²) in [5, 5.41) is 26.4. The van der Waals surface area contributed by atoms with Crippen LogP contribution in [0, 0.1) is 34.5 Å². The topological polar surface area (TPSA) is 251 Å². The zero-order valence-corrected chi connectivity index (χ0v) is 39.5. The van der Waals surface area contributed by atoms with Gasteiger partial charge >= 0.3 is 24.1 Å². The van der Waals surface area contributed by atoms with E-state index in [2.05, 4.69) is 32.7 Å². The van der Waals surface area contributed by atoms with Gasteiger partial charge in [0.05, 0.1) is 11.3 Å². The summed E-state index contributed by atoms with van der Waals surface area (Å²) < 4.78 is 33.7. The van der Waals surface area contributed by atoms with Gasteiger partial charge in [0, 0.05) is 21.9 Å². The second-order valence-corrected chi connectivity index (χ2v) is 18.8. The van der Waals surface area contributed by atoms with E-state index in [4.69, 9.17) is 45.4 Å². The molecule has 2 heterocycles. The number of carbonyl (C=O) groups excluding carboxylic acids is 4. The summed E-state index contributed by atoms with van der Waals surface area (Å²) in [6, 6.07) is 15.4. The average Bonchev–Trinajstić information content (AvgIpc) is 3.69. The summed E-state index contributed by atoms with van der Waals surface area (Å²) in [5.74, 6) is -1.66. The number of amides is 2. The summed E-state index contributed by atoms with van der Waals surface area (Å²) in [7, 11) is 0. The van der Waals surface area contributed by atoms with E-state index in [0.29, 0.717) is 22.2 Å². The zero-order valence-electron chi connectivity index (χ0n) is 37.9. The van der Waals surface area contributed by atoms with Gasteiger partial charge < -0.3 is 44.5 Å². The van der Waals surface area contributed by atoms with Crippen LogP contribution in [0.5, 0.6) is 5.75 Å². The van der Waals surface area contributed by atoms with Crippen molar-refractivity contribution >= 4 is 53.3 Å². The van der Waals surface area contributed by atoms with E-state index in [0.717, 1.165) is 5.56 Å². The second kappa shape index (κ2) is 22.4. The maximum atomic E-state index is 13.6. The highest BCUT2D eigenvalue weighted by molar-refractivity contribution is 7.98. The minimum Gasteiger partial charge on any atom is -0.490 e. The van der Waals surface area contributed by atoms with E-state index in [-0.39, 0.29) is 45.6 Å². The van der Waals surface area contributed by atoms with Crippen LogP contribution in [0.2, 0.25) is 5.02 Å². The quantitative estimate of drug-likeness (QED) is 0.0509. The number of halogens is 1. The van der Waals surface area contributed by atoms with Crippen LogP contribution in [0.15, 0.2) is 64.2 Å². The molecule has 19 heteroatoms. The molecule has 2 amide bonds. The number of nitrogens with two attached hydrogens (primary N) is 1. The van der Waals surface area contributed by atoms with Gasteiger partial charge in [-0.2, -0.15) is 10.5 Å². The first-order chi connectivity index (χ1) is 30.5. The molecule has 0 saturated carbocycles. The van der Waals surface area contributed by atoms with Crippen molar-refractivity contribution in [1.82, 2.24) is 20.6 Å². The molecule has 0 fully saturated rings. The minimum atomic E-state index is -1.22. The lowest BCUT2D eigenvalue weighted by atomic mass is 9.97. The lowest BCUT2D eigenvalue weighted by molar-refractivity contribution is -0.164. The van der Waals surface area contributed by atoms with Crippen molar-refractivity contribution in [3.63, 3.8) is 0 Å². The molecule has 3 atom stereocenters. The number of alkyl carbamates (subject to hydrolysis) is 2. The first kappa shape index (κ1) is 51.1. The molecule has 0 spiro atoms. The standard InChI is InChI=1S/C46H54ClN7O10S/c1-25(2)36(52-43(57)63-45(5,6)7)41(55)61-23-32(62-42(56)37(26(3)4)53-44(58)64-46(8,9)10)22-59-31-17-13-27(14-18-31)35-33(19-48)38(50)54-40(34(35)20-49)65-24-30-21-60-39(51-30)28-11-15-29(47)16-12-28/h11-18,21,25-26,32,36-37H,22-24H2,1-10H3,(H2,50,54)(H,52,57)(H,53,58)/t32-,36-,37?/m0/s1. The number of benzene rings is 2. The van der Waals surface area contributed by atoms with Gasteiger partial charge in [0.25, 0.3) is 0 Å². The summed E-state index contributed by atoms with van der Waals surface area (Å²) in [4.78, 5) is 61.1. The van der Waals surface area contributed by atoms with Gasteiger partial charge in [-0.05, 0) is 95.3 Å². The van der Waals surface area contributed by atoms with E-state index in [1.165, 1.54) is 18.0 Å². The fourth-order valence-electron chi connectivity index (χ4n) is 5.82. The fraction of sp³-hybridized carbons (Fsp3) is 0.435. The predicted molar refractivity (Wildman–Crippen MR) is 242 cm³/mol. The Balaban J connectivity index is 1.56. The van der Waals surface area contributed by atoms with Crippen LogP contribution in [0.1, 0.15) is 86.1 Å². The first-order valence-corrected chi connectivity index (χ1v) is 21.9. The van der Waals surface area contributed by atoms with Gasteiger partial charge in [0.2, 0.25) is 5.89 Å². The summed E-state index contributed by atoms with van der Waals surface area (Å²) in [6.07, 6.45) is -1.37. The summed E-state index contributed by atoms with van der Waals surface area (Å²) in [5.41, 5.74) is 6.75. The number of nitriles is 2. The fourth-order valence-corrected chi connectivity index (χ4v) is 6.82. The molecule has 0 radical (unpaired) electrons. The van der Waals surface area contributed by atoms with Crippen molar-refractivity contribution < 1.29 is 47.3 Å². The largest absolute Gasteiger partial charge is 0.490 e. The highest BCUT2D eigenvalue weighted by Crippen LogP contribution is 2.37. The maximum Gasteiger partial charge on any atom is 0.408 e. The molecular formula is C46H54ClN7O10S. The second-order valence-electron chi connectivity index (χ2n) is 17.4. The molecule has 0 aliphatic rings. The van der Waals surface area contributed by atoms with E-state index in [9.17, 15) is 29.7 Å². The molecule has 17 nitrogen and oxygen atoms in total. The Bertz CT molecular complexity index is 2400. The van der Waals surface area contributed by atoms with Crippen molar-refractivity contribution in [2.45, 2.75) is 109 Å². The Labute approximate surface area is 387 Å². The molecule has 4 rings (SSSR count). The molecule has 0 saturated heterocycles. The SMILES string of the molecule is CC(C)C(NC(=O)OC(C)(C)C)C(=O)O[C@H](COC(=O)[C@@H](NC(=O)OC(C)(C)C)C(C)C)COc1ccc(-c2c(C#N)c(N)nc(SCc3coc(-c4ccc(Cl)cc4)n3)c2C#N)cc1. The number of hydrogen-bond donors (Lipinski definition) is 3. The van der Waals surface area contributed by atoms with Gasteiger partial charge in [0.15, 0.2) is 6.10 Å². The number of anilines is 1. The molecule has 4 aromatic rings. The number of hydrogen-bond acceptors (Lipinski definition) is 16. The molecule has 346 valence electrons. The van der Waals surface area contributed by atoms with Crippen molar-refractivity contribution in [2.75, 3.05) is 18.9 Å². The van der Waals surface area contributed by atoms with Gasteiger partial charge in [-0.3, -0.25) is 0 Å². The zero-order chi connectivity index (χ0) is 48.2. The monoisotopic (exact) mass is 931 g/mol. The third-order valence-electron chi connectivity index (χ3n) is 8.87. The lowest BCUT2D eigenvalue weighted by Gasteiger charge is -2.27. The van der Waals surface area contributed by atoms with Crippen LogP contribution in [-0.4, -0.2) is 76.7 Å². The van der Waals surface area contributed by atoms with Gasteiger partial charge in [-0.25, -0.2) is 29.1 Å². The van der Waals surface area contributed by atoms with Crippen molar-refractivity contribution in [3.05, 3.63) is 76.6 Å². The first-order valence-electron chi connectivity index (χ1n) is 20.5. The number of oxazole rings is 1. The highest BCUT2D eigenvalue weighted by atomic mass is 35.5. The molecule has 2 aromatic carbocycles. The molecule has 0 aliphatic heterocycles. The smallest absolute Gasteiger partial charge is 0.408 e. The minimum absolute atomic E-state index is 0.000351. The molecule has 65 heavy (non-hydrogen) atoms. The Hall–Kier alpha value is -6.50. The number of pyridine rings is 1.